The molecule has 0 atom stereocenters. The van der Waals surface area contributed by atoms with Gasteiger partial charge in [-0.2, -0.15) is 0 Å². The molecule has 1 heteroatoms. The Morgan fingerprint density at radius 1 is 1.07 bits per heavy atom. The first-order valence-corrected chi connectivity index (χ1v) is 5.73. The maximum atomic E-state index is 3.38. The van der Waals surface area contributed by atoms with E-state index in [4.69, 9.17) is 0 Å². The van der Waals surface area contributed by atoms with Crippen molar-refractivity contribution in [3.8, 4) is 0 Å². The van der Waals surface area contributed by atoms with Crippen LogP contribution < -0.4 is 5.32 Å². The molecule has 1 aromatic carbocycles. The number of hydrogen-bond acceptors (Lipinski definition) is 1. The molecule has 15 heavy (non-hydrogen) atoms. The van der Waals surface area contributed by atoms with E-state index in [0.717, 1.165) is 13.1 Å². The summed E-state index contributed by atoms with van der Waals surface area (Å²) in [5, 5.41) is 3.38. The molecule has 0 aliphatic carbocycles. The number of rotatable bonds is 1. The van der Waals surface area contributed by atoms with Crippen molar-refractivity contribution in [3.63, 3.8) is 0 Å². The van der Waals surface area contributed by atoms with Gasteiger partial charge in [0.05, 0.1) is 0 Å². The summed E-state index contributed by atoms with van der Waals surface area (Å²) in [5.74, 6) is 0. The fourth-order valence-corrected chi connectivity index (χ4v) is 1.98. The van der Waals surface area contributed by atoms with Gasteiger partial charge in [-0.3, -0.25) is 0 Å². The Hall–Kier alpha value is -1.08. The number of hydrogen-bond donors (Lipinski definition) is 1. The van der Waals surface area contributed by atoms with Crippen LogP contribution in [-0.4, -0.2) is 13.1 Å². The zero-order valence-corrected chi connectivity index (χ0v) is 9.64. The van der Waals surface area contributed by atoms with Gasteiger partial charge in [-0.05, 0) is 56.5 Å². The highest BCUT2D eigenvalue weighted by molar-refractivity contribution is 5.55. The summed E-state index contributed by atoms with van der Waals surface area (Å²) in [6.45, 7) is 6.61. The van der Waals surface area contributed by atoms with Crippen LogP contribution in [-0.2, 0) is 0 Å². The quantitative estimate of drug-likeness (QED) is 0.736. The lowest BCUT2D eigenvalue weighted by Gasteiger charge is -2.15. The van der Waals surface area contributed by atoms with Crippen LogP contribution in [0.1, 0.15) is 29.5 Å². The molecule has 0 aromatic heterocycles. The van der Waals surface area contributed by atoms with Gasteiger partial charge >= 0.3 is 0 Å². The van der Waals surface area contributed by atoms with Crippen LogP contribution in [0.4, 0.5) is 0 Å². The van der Waals surface area contributed by atoms with Gasteiger partial charge in [0.2, 0.25) is 0 Å². The maximum Gasteiger partial charge on any atom is -0.00113 e. The second-order valence-electron chi connectivity index (χ2n) is 4.40. The van der Waals surface area contributed by atoms with Gasteiger partial charge < -0.3 is 5.32 Å². The minimum Gasteiger partial charge on any atom is -0.316 e. The van der Waals surface area contributed by atoms with Crippen LogP contribution in [0.25, 0.3) is 6.08 Å². The van der Waals surface area contributed by atoms with Gasteiger partial charge in [-0.15, -0.1) is 0 Å². The minimum absolute atomic E-state index is 1.14. The molecule has 0 bridgehead atoms. The summed E-state index contributed by atoms with van der Waals surface area (Å²) in [5.41, 5.74) is 5.70. The smallest absolute Gasteiger partial charge is 0.00113 e. The first-order chi connectivity index (χ1) is 7.25. The van der Waals surface area contributed by atoms with E-state index in [1.807, 2.05) is 0 Å². The minimum atomic E-state index is 1.14. The average molecular weight is 201 g/mol. The summed E-state index contributed by atoms with van der Waals surface area (Å²) in [7, 11) is 0. The van der Waals surface area contributed by atoms with Crippen LogP contribution in [0.15, 0.2) is 23.8 Å². The summed E-state index contributed by atoms with van der Waals surface area (Å²) in [6, 6.07) is 6.71. The van der Waals surface area contributed by atoms with Gasteiger partial charge in [0.15, 0.2) is 0 Å². The zero-order valence-electron chi connectivity index (χ0n) is 9.64. The van der Waals surface area contributed by atoms with Crippen molar-refractivity contribution < 1.29 is 0 Å². The third kappa shape index (κ3) is 2.69. The van der Waals surface area contributed by atoms with E-state index in [9.17, 15) is 0 Å². The van der Waals surface area contributed by atoms with E-state index in [-0.39, 0.29) is 0 Å². The Kier molecular flexibility index (Phi) is 3.22. The molecule has 80 valence electrons. The Labute approximate surface area is 92.2 Å². The Morgan fingerprint density at radius 3 is 2.47 bits per heavy atom. The van der Waals surface area contributed by atoms with E-state index in [0.29, 0.717) is 0 Å². The van der Waals surface area contributed by atoms with E-state index in [1.54, 1.807) is 5.57 Å². The van der Waals surface area contributed by atoms with E-state index >= 15 is 0 Å². The maximum absolute atomic E-state index is 3.38. The first-order valence-electron chi connectivity index (χ1n) is 5.73. The molecule has 1 aliphatic heterocycles. The predicted molar refractivity (Wildman–Crippen MR) is 66.0 cm³/mol. The van der Waals surface area contributed by atoms with Gasteiger partial charge in [-0.25, -0.2) is 0 Å². The molecule has 0 amide bonds. The lowest BCUT2D eigenvalue weighted by Crippen LogP contribution is -2.22. The number of piperidine rings is 1. The van der Waals surface area contributed by atoms with Crippen LogP contribution in [0.5, 0.6) is 0 Å². The molecular formula is C14H19N. The fraction of sp³-hybridized carbons (Fsp3) is 0.429. The normalized spacial score (nSPS) is 16.5. The highest BCUT2D eigenvalue weighted by Gasteiger charge is 2.04. The van der Waals surface area contributed by atoms with Gasteiger partial charge in [0.25, 0.3) is 0 Å². The Bertz CT molecular complexity index is 369. The number of aryl methyl sites for hydroxylation is 2. The van der Waals surface area contributed by atoms with Crippen molar-refractivity contribution in [2.45, 2.75) is 26.7 Å². The SMILES string of the molecule is Cc1ccc(C=C2CCNCC2)cc1C. The van der Waals surface area contributed by atoms with Crippen LogP contribution >= 0.6 is 0 Å². The molecule has 1 aliphatic rings. The zero-order chi connectivity index (χ0) is 10.7. The predicted octanol–water partition coefficient (Wildman–Crippen LogP) is 3.07. The molecule has 0 unspecified atom stereocenters. The standard InChI is InChI=1S/C14H19N/c1-11-3-4-14(9-12(11)2)10-13-5-7-15-8-6-13/h3-4,9-10,15H,5-8H2,1-2H3. The average Bonchev–Trinajstić information content (AvgIpc) is 2.25. The Balaban J connectivity index is 2.18. The molecule has 0 spiro atoms. The second kappa shape index (κ2) is 4.63. The van der Waals surface area contributed by atoms with Crippen molar-refractivity contribution in [3.05, 3.63) is 40.5 Å². The highest BCUT2D eigenvalue weighted by Crippen LogP contribution is 2.17. The topological polar surface area (TPSA) is 12.0 Å². The molecular weight excluding hydrogens is 182 g/mol. The molecule has 0 saturated carbocycles. The van der Waals surface area contributed by atoms with Gasteiger partial charge in [-0.1, -0.05) is 29.8 Å². The summed E-state index contributed by atoms with van der Waals surface area (Å²) >= 11 is 0. The number of nitrogens with one attached hydrogen (secondary N) is 1. The van der Waals surface area contributed by atoms with Crippen molar-refractivity contribution in [1.29, 1.82) is 0 Å². The molecule has 1 fully saturated rings. The van der Waals surface area contributed by atoms with Crippen molar-refractivity contribution >= 4 is 6.08 Å². The van der Waals surface area contributed by atoms with E-state index < -0.39 is 0 Å². The molecule has 1 heterocycles. The van der Waals surface area contributed by atoms with Crippen molar-refractivity contribution in [2.24, 2.45) is 0 Å². The summed E-state index contributed by atoms with van der Waals surface area (Å²) in [6.07, 6.45) is 4.76. The highest BCUT2D eigenvalue weighted by atomic mass is 14.9. The monoisotopic (exact) mass is 201 g/mol. The van der Waals surface area contributed by atoms with Crippen LogP contribution in [0.2, 0.25) is 0 Å². The Morgan fingerprint density at radius 2 is 1.80 bits per heavy atom. The lowest BCUT2D eigenvalue weighted by atomic mass is 10.00. The van der Waals surface area contributed by atoms with Gasteiger partial charge in [0, 0.05) is 0 Å². The summed E-state index contributed by atoms with van der Waals surface area (Å²) in [4.78, 5) is 0. The van der Waals surface area contributed by atoms with Gasteiger partial charge in [0.1, 0.15) is 0 Å². The molecule has 0 radical (unpaired) electrons. The third-order valence-corrected chi connectivity index (χ3v) is 3.15. The largest absolute Gasteiger partial charge is 0.316 e. The molecule has 1 nitrogen and oxygen atoms in total. The summed E-state index contributed by atoms with van der Waals surface area (Å²) < 4.78 is 0. The van der Waals surface area contributed by atoms with E-state index in [1.165, 1.54) is 29.5 Å². The van der Waals surface area contributed by atoms with Crippen LogP contribution in [0, 0.1) is 13.8 Å². The fourth-order valence-electron chi connectivity index (χ4n) is 1.98. The van der Waals surface area contributed by atoms with Crippen molar-refractivity contribution in [1.82, 2.24) is 5.32 Å². The molecule has 1 aromatic rings. The van der Waals surface area contributed by atoms with E-state index in [2.05, 4.69) is 43.4 Å². The second-order valence-corrected chi connectivity index (χ2v) is 4.40. The lowest BCUT2D eigenvalue weighted by molar-refractivity contribution is 0.613. The van der Waals surface area contributed by atoms with Crippen molar-refractivity contribution in [2.75, 3.05) is 13.1 Å². The third-order valence-electron chi connectivity index (χ3n) is 3.15. The first kappa shape index (κ1) is 10.4. The molecule has 2 rings (SSSR count). The number of benzene rings is 1. The van der Waals surface area contributed by atoms with Crippen LogP contribution in [0.3, 0.4) is 0 Å². The molecule has 1 N–H and O–H groups in total. The molecule has 1 saturated heterocycles.